The molecule has 0 radical (unpaired) electrons. The second kappa shape index (κ2) is 9.78. The van der Waals surface area contributed by atoms with Gasteiger partial charge >= 0.3 is 51.4 Å². The van der Waals surface area contributed by atoms with Gasteiger partial charge in [-0.25, -0.2) is 0 Å². The summed E-state index contributed by atoms with van der Waals surface area (Å²) in [5.41, 5.74) is 0. The summed E-state index contributed by atoms with van der Waals surface area (Å²) in [6.07, 6.45) is 0.983. The molecule has 0 aromatic carbocycles. The van der Waals surface area contributed by atoms with E-state index in [1.807, 2.05) is 7.05 Å². The Kier molecular flexibility index (Phi) is 17.2. The second-order valence-corrected chi connectivity index (χ2v) is 0.957. The Bertz CT molecular complexity index is 15.0. The maximum absolute atomic E-state index is 3.61. The molecule has 0 amide bonds. The Morgan fingerprint density at radius 3 is 2.17 bits per heavy atom. The van der Waals surface area contributed by atoms with Crippen molar-refractivity contribution in [3.63, 3.8) is 0 Å². The summed E-state index contributed by atoms with van der Waals surface area (Å²) in [6, 6.07) is 0. The van der Waals surface area contributed by atoms with E-state index in [9.17, 15) is 0 Å². The van der Waals surface area contributed by atoms with Crippen molar-refractivity contribution in [3.8, 4) is 0 Å². The third-order valence-electron chi connectivity index (χ3n) is 0.427. The largest absolute Gasteiger partial charge is 1.00 e. The van der Waals surface area contributed by atoms with Crippen molar-refractivity contribution in [2.24, 2.45) is 0 Å². The summed E-state index contributed by atoms with van der Waals surface area (Å²) in [7, 11) is 1.92. The zero-order chi connectivity index (χ0) is 4.12. The van der Waals surface area contributed by atoms with Gasteiger partial charge in [-0.05, 0) is 13.6 Å². The summed E-state index contributed by atoms with van der Waals surface area (Å²) in [4.78, 5) is 0. The number of hydrogen-bond donors (Lipinski definition) is 1. The third-order valence-corrected chi connectivity index (χ3v) is 0.427. The van der Waals surface area contributed by atoms with Crippen molar-refractivity contribution in [2.75, 3.05) is 13.6 Å². The first-order chi connectivity index (χ1) is 2.41. The van der Waals surface area contributed by atoms with Crippen LogP contribution in [0, 0.1) is 6.92 Å². The van der Waals surface area contributed by atoms with Crippen LogP contribution in [0.3, 0.4) is 0 Å². The Morgan fingerprint density at radius 2 is 2.17 bits per heavy atom. The SMILES string of the molecule is [CH2-]CCNC.[K+]. The van der Waals surface area contributed by atoms with E-state index < -0.39 is 0 Å². The second-order valence-electron chi connectivity index (χ2n) is 0.957. The minimum atomic E-state index is 0. The topological polar surface area (TPSA) is 12.0 Å². The van der Waals surface area contributed by atoms with Gasteiger partial charge in [-0.1, -0.05) is 0 Å². The molecule has 0 bridgehead atoms. The van der Waals surface area contributed by atoms with Crippen LogP contribution in [0.15, 0.2) is 0 Å². The molecule has 0 aromatic rings. The molecule has 0 heterocycles. The molecule has 0 atom stereocenters. The van der Waals surface area contributed by atoms with Gasteiger partial charge in [-0.3, -0.25) is 0 Å². The minimum Gasteiger partial charge on any atom is -0.342 e. The average Bonchev–Trinajstić information content (AvgIpc) is 1.41. The normalized spacial score (nSPS) is 7.00. The van der Waals surface area contributed by atoms with Crippen LogP contribution in [-0.2, 0) is 0 Å². The van der Waals surface area contributed by atoms with Gasteiger partial charge in [0.1, 0.15) is 0 Å². The van der Waals surface area contributed by atoms with Gasteiger partial charge in [-0.2, -0.15) is 6.42 Å². The van der Waals surface area contributed by atoms with E-state index in [0.717, 1.165) is 13.0 Å². The molecule has 0 aromatic heterocycles. The van der Waals surface area contributed by atoms with Gasteiger partial charge in [0, 0.05) is 0 Å². The molecular weight excluding hydrogens is 101 g/mol. The molecule has 0 saturated heterocycles. The van der Waals surface area contributed by atoms with E-state index >= 15 is 0 Å². The van der Waals surface area contributed by atoms with Crippen LogP contribution < -0.4 is 56.7 Å². The molecule has 0 saturated carbocycles. The van der Waals surface area contributed by atoms with Crippen molar-refractivity contribution >= 4 is 0 Å². The molecule has 1 nitrogen and oxygen atoms in total. The molecule has 0 fully saturated rings. The van der Waals surface area contributed by atoms with Crippen molar-refractivity contribution in [1.29, 1.82) is 0 Å². The van der Waals surface area contributed by atoms with Crippen molar-refractivity contribution in [1.82, 2.24) is 5.32 Å². The summed E-state index contributed by atoms with van der Waals surface area (Å²) in [5.74, 6) is 0. The fraction of sp³-hybridized carbons (Fsp3) is 0.750. The van der Waals surface area contributed by atoms with Crippen molar-refractivity contribution in [3.05, 3.63) is 6.92 Å². The average molecular weight is 111 g/mol. The first-order valence-corrected chi connectivity index (χ1v) is 1.85. The minimum absolute atomic E-state index is 0. The maximum Gasteiger partial charge on any atom is 1.00 e. The van der Waals surface area contributed by atoms with Crippen molar-refractivity contribution < 1.29 is 51.4 Å². The Hall–Kier alpha value is 1.60. The summed E-state index contributed by atoms with van der Waals surface area (Å²) in [6.45, 7) is 4.64. The van der Waals surface area contributed by atoms with Crippen LogP contribution in [0.4, 0.5) is 0 Å². The van der Waals surface area contributed by atoms with E-state index in [0.29, 0.717) is 0 Å². The summed E-state index contributed by atoms with van der Waals surface area (Å²) >= 11 is 0. The van der Waals surface area contributed by atoms with Gasteiger partial charge in [-0.15, -0.1) is 0 Å². The number of hydrogen-bond acceptors (Lipinski definition) is 1. The molecule has 1 N–H and O–H groups in total. The fourth-order valence-corrected chi connectivity index (χ4v) is 0.177. The fourth-order valence-electron chi connectivity index (χ4n) is 0.177. The number of nitrogens with one attached hydrogen (secondary N) is 1. The molecule has 6 heavy (non-hydrogen) atoms. The first kappa shape index (κ1) is 10.6. The molecule has 32 valence electrons. The third kappa shape index (κ3) is 9.14. The van der Waals surface area contributed by atoms with Gasteiger partial charge < -0.3 is 12.2 Å². The van der Waals surface area contributed by atoms with Crippen LogP contribution in [-0.4, -0.2) is 13.6 Å². The van der Waals surface area contributed by atoms with E-state index in [2.05, 4.69) is 12.2 Å². The van der Waals surface area contributed by atoms with Gasteiger partial charge in [0.15, 0.2) is 0 Å². The molecular formula is C4H10KN. The molecule has 0 aliphatic carbocycles. The van der Waals surface area contributed by atoms with Crippen LogP contribution >= 0.6 is 0 Å². The molecule has 0 spiro atoms. The van der Waals surface area contributed by atoms with E-state index in [1.54, 1.807) is 0 Å². The van der Waals surface area contributed by atoms with Crippen LogP contribution in [0.2, 0.25) is 0 Å². The smallest absolute Gasteiger partial charge is 0.342 e. The molecule has 0 aliphatic heterocycles. The standard InChI is InChI=1S/C4H10N.K/c1-3-4-5-2;/h5H,1,3-4H2,2H3;/q-1;+1. The van der Waals surface area contributed by atoms with Gasteiger partial charge in [0.25, 0.3) is 0 Å². The predicted octanol–water partition coefficient (Wildman–Crippen LogP) is -2.57. The molecule has 0 aliphatic rings. The van der Waals surface area contributed by atoms with Crippen LogP contribution in [0.25, 0.3) is 0 Å². The van der Waals surface area contributed by atoms with Crippen molar-refractivity contribution in [2.45, 2.75) is 6.42 Å². The van der Waals surface area contributed by atoms with E-state index in [4.69, 9.17) is 0 Å². The number of rotatable bonds is 2. The summed E-state index contributed by atoms with van der Waals surface area (Å²) in [5, 5.41) is 2.95. The summed E-state index contributed by atoms with van der Waals surface area (Å²) < 4.78 is 0. The monoisotopic (exact) mass is 111 g/mol. The molecule has 0 unspecified atom stereocenters. The Labute approximate surface area is 82.3 Å². The van der Waals surface area contributed by atoms with Gasteiger partial charge in [0.2, 0.25) is 0 Å². The zero-order valence-corrected chi connectivity index (χ0v) is 7.74. The first-order valence-electron chi connectivity index (χ1n) is 1.85. The van der Waals surface area contributed by atoms with Crippen LogP contribution in [0.1, 0.15) is 6.42 Å². The maximum atomic E-state index is 3.61. The Balaban J connectivity index is 0. The quantitative estimate of drug-likeness (QED) is 0.305. The Morgan fingerprint density at radius 1 is 1.67 bits per heavy atom. The van der Waals surface area contributed by atoms with E-state index in [1.165, 1.54) is 0 Å². The predicted molar refractivity (Wildman–Crippen MR) is 23.9 cm³/mol. The zero-order valence-electron chi connectivity index (χ0n) is 4.62. The molecule has 0 rings (SSSR count). The van der Waals surface area contributed by atoms with Crippen LogP contribution in [0.5, 0.6) is 0 Å². The molecule has 2 heteroatoms. The van der Waals surface area contributed by atoms with Gasteiger partial charge in [0.05, 0.1) is 0 Å². The van der Waals surface area contributed by atoms with E-state index in [-0.39, 0.29) is 51.4 Å².